The Morgan fingerprint density at radius 1 is 1.05 bits per heavy atom. The van der Waals surface area contributed by atoms with Crippen LogP contribution in [0.3, 0.4) is 0 Å². The molecule has 0 bridgehead atoms. The van der Waals surface area contributed by atoms with Crippen molar-refractivity contribution >= 4 is 10.9 Å². The predicted molar refractivity (Wildman–Crippen MR) is 80.4 cm³/mol. The second-order valence-corrected chi connectivity index (χ2v) is 4.78. The van der Waals surface area contributed by atoms with Crippen LogP contribution in [-0.2, 0) is 13.2 Å². The van der Waals surface area contributed by atoms with Crippen molar-refractivity contribution in [3.05, 3.63) is 71.7 Å². The Bertz CT molecular complexity index is 774. The van der Waals surface area contributed by atoms with Gasteiger partial charge in [0.05, 0.1) is 11.2 Å². The lowest BCUT2D eigenvalue weighted by molar-refractivity contribution is 0.300. The highest BCUT2D eigenvalue weighted by Crippen LogP contribution is 2.18. The molecule has 2 N–H and O–H groups in total. The summed E-state index contributed by atoms with van der Waals surface area (Å²) in [6, 6.07) is 16.3. The molecule has 0 atom stereocenters. The second-order valence-electron chi connectivity index (χ2n) is 4.78. The van der Waals surface area contributed by atoms with Gasteiger partial charge in [0.1, 0.15) is 18.2 Å². The number of fused-ring (bicyclic) bond motifs is 1. The molecule has 3 aromatic rings. The molecular weight excluding hydrogens is 267 g/mol. The van der Waals surface area contributed by atoms with Crippen LogP contribution in [0.2, 0.25) is 0 Å². The number of nitrogens with two attached hydrogens (primary N) is 1. The fraction of sp³-hybridized carbons (Fsp3) is 0.118. The summed E-state index contributed by atoms with van der Waals surface area (Å²) in [6.45, 7) is 0.570. The smallest absolute Gasteiger partial charge is 0.130 e. The molecule has 21 heavy (non-hydrogen) atoms. The quantitative estimate of drug-likeness (QED) is 0.797. The van der Waals surface area contributed by atoms with Crippen LogP contribution in [0.15, 0.2) is 54.6 Å². The van der Waals surface area contributed by atoms with Gasteiger partial charge < -0.3 is 10.5 Å². The van der Waals surface area contributed by atoms with E-state index in [1.807, 2.05) is 36.4 Å². The summed E-state index contributed by atoms with van der Waals surface area (Å²) in [7, 11) is 0. The Morgan fingerprint density at radius 3 is 2.76 bits per heavy atom. The van der Waals surface area contributed by atoms with Crippen molar-refractivity contribution in [3.8, 4) is 5.75 Å². The SMILES string of the molecule is NCc1cc(F)cc(OCc2ccc3ccccc3n2)c1. The molecule has 106 valence electrons. The van der Waals surface area contributed by atoms with Gasteiger partial charge in [-0.05, 0) is 29.8 Å². The van der Waals surface area contributed by atoms with Crippen molar-refractivity contribution < 1.29 is 9.13 Å². The maximum absolute atomic E-state index is 13.4. The van der Waals surface area contributed by atoms with Crippen molar-refractivity contribution in [2.24, 2.45) is 5.73 Å². The number of hydrogen-bond donors (Lipinski definition) is 1. The van der Waals surface area contributed by atoms with Gasteiger partial charge in [-0.25, -0.2) is 9.37 Å². The zero-order valence-corrected chi connectivity index (χ0v) is 11.4. The molecule has 2 aromatic carbocycles. The van der Waals surface area contributed by atoms with Gasteiger partial charge in [-0.1, -0.05) is 24.3 Å². The normalized spacial score (nSPS) is 10.8. The lowest BCUT2D eigenvalue weighted by Gasteiger charge is -2.08. The van der Waals surface area contributed by atoms with Gasteiger partial charge in [0, 0.05) is 18.0 Å². The molecule has 0 fully saturated rings. The number of rotatable bonds is 4. The molecule has 0 aliphatic heterocycles. The van der Waals surface area contributed by atoms with E-state index in [1.165, 1.54) is 12.1 Å². The van der Waals surface area contributed by atoms with E-state index in [0.29, 0.717) is 11.3 Å². The summed E-state index contributed by atoms with van der Waals surface area (Å²) in [6.07, 6.45) is 0. The second kappa shape index (κ2) is 5.89. The first-order valence-electron chi connectivity index (χ1n) is 6.71. The molecule has 0 aliphatic carbocycles. The third-order valence-electron chi connectivity index (χ3n) is 3.21. The molecule has 4 heteroatoms. The number of nitrogens with zero attached hydrogens (tertiary/aromatic N) is 1. The maximum Gasteiger partial charge on any atom is 0.130 e. The van der Waals surface area contributed by atoms with E-state index in [4.69, 9.17) is 10.5 Å². The molecule has 0 saturated carbocycles. The predicted octanol–water partition coefficient (Wildman–Crippen LogP) is 3.41. The van der Waals surface area contributed by atoms with Gasteiger partial charge in [0.2, 0.25) is 0 Å². The number of para-hydroxylation sites is 1. The third-order valence-corrected chi connectivity index (χ3v) is 3.21. The van der Waals surface area contributed by atoms with Gasteiger partial charge in [-0.3, -0.25) is 0 Å². The van der Waals surface area contributed by atoms with Crippen LogP contribution in [-0.4, -0.2) is 4.98 Å². The Kier molecular flexibility index (Phi) is 3.79. The number of benzene rings is 2. The van der Waals surface area contributed by atoms with E-state index < -0.39 is 0 Å². The molecule has 0 amide bonds. The minimum absolute atomic E-state index is 0.280. The van der Waals surface area contributed by atoms with Crippen molar-refractivity contribution in [2.75, 3.05) is 0 Å². The molecular formula is C17H15FN2O. The van der Waals surface area contributed by atoms with Crippen molar-refractivity contribution in [3.63, 3.8) is 0 Å². The number of hydrogen-bond acceptors (Lipinski definition) is 3. The summed E-state index contributed by atoms with van der Waals surface area (Å²) < 4.78 is 19.0. The van der Waals surface area contributed by atoms with E-state index in [1.54, 1.807) is 6.07 Å². The number of pyridine rings is 1. The largest absolute Gasteiger partial charge is 0.487 e. The van der Waals surface area contributed by atoms with Gasteiger partial charge >= 0.3 is 0 Å². The Morgan fingerprint density at radius 2 is 1.90 bits per heavy atom. The molecule has 0 spiro atoms. The van der Waals surface area contributed by atoms with Crippen molar-refractivity contribution in [1.29, 1.82) is 0 Å². The highest BCUT2D eigenvalue weighted by molar-refractivity contribution is 5.78. The van der Waals surface area contributed by atoms with Gasteiger partial charge in [-0.2, -0.15) is 0 Å². The zero-order valence-electron chi connectivity index (χ0n) is 11.4. The topological polar surface area (TPSA) is 48.1 Å². The number of aromatic nitrogens is 1. The summed E-state index contributed by atoms with van der Waals surface area (Å²) in [4.78, 5) is 4.51. The Labute approximate surface area is 122 Å². The molecule has 0 aliphatic rings. The van der Waals surface area contributed by atoms with Crippen molar-refractivity contribution in [2.45, 2.75) is 13.2 Å². The van der Waals surface area contributed by atoms with Crippen LogP contribution < -0.4 is 10.5 Å². The highest BCUT2D eigenvalue weighted by Gasteiger charge is 2.03. The van der Waals surface area contributed by atoms with Crippen LogP contribution >= 0.6 is 0 Å². The van der Waals surface area contributed by atoms with Gasteiger partial charge in [0.15, 0.2) is 0 Å². The lowest BCUT2D eigenvalue weighted by atomic mass is 10.2. The highest BCUT2D eigenvalue weighted by atomic mass is 19.1. The third kappa shape index (κ3) is 3.17. The number of ether oxygens (including phenoxy) is 1. The average molecular weight is 282 g/mol. The molecule has 0 unspecified atom stereocenters. The molecule has 0 saturated heterocycles. The Balaban J connectivity index is 1.78. The standard InChI is InChI=1S/C17H15FN2O/c18-14-7-12(10-19)8-16(9-14)21-11-15-6-5-13-3-1-2-4-17(13)20-15/h1-9H,10-11,19H2. The zero-order chi connectivity index (χ0) is 14.7. The Hall–Kier alpha value is -2.46. The van der Waals surface area contributed by atoms with Crippen LogP contribution in [0.1, 0.15) is 11.3 Å². The average Bonchev–Trinajstić information content (AvgIpc) is 2.52. The minimum atomic E-state index is -0.348. The molecule has 1 heterocycles. The van der Waals surface area contributed by atoms with Gasteiger partial charge in [0.25, 0.3) is 0 Å². The summed E-state index contributed by atoms with van der Waals surface area (Å²) in [5.74, 6) is 0.116. The van der Waals surface area contributed by atoms with Crippen LogP contribution in [0.5, 0.6) is 5.75 Å². The fourth-order valence-corrected chi connectivity index (χ4v) is 2.17. The number of halogens is 1. The van der Waals surface area contributed by atoms with E-state index in [-0.39, 0.29) is 19.0 Å². The summed E-state index contributed by atoms with van der Waals surface area (Å²) >= 11 is 0. The van der Waals surface area contributed by atoms with E-state index in [2.05, 4.69) is 4.98 Å². The fourth-order valence-electron chi connectivity index (χ4n) is 2.17. The summed E-state index contributed by atoms with van der Waals surface area (Å²) in [5, 5.41) is 1.08. The first-order valence-corrected chi connectivity index (χ1v) is 6.71. The molecule has 0 radical (unpaired) electrons. The molecule has 3 nitrogen and oxygen atoms in total. The lowest BCUT2D eigenvalue weighted by Crippen LogP contribution is -2.01. The van der Waals surface area contributed by atoms with Gasteiger partial charge in [-0.15, -0.1) is 0 Å². The van der Waals surface area contributed by atoms with Crippen LogP contribution in [0.25, 0.3) is 10.9 Å². The first-order chi connectivity index (χ1) is 10.2. The molecule has 3 rings (SSSR count). The maximum atomic E-state index is 13.4. The van der Waals surface area contributed by atoms with E-state index in [0.717, 1.165) is 16.6 Å². The van der Waals surface area contributed by atoms with Crippen LogP contribution in [0, 0.1) is 5.82 Å². The first kappa shape index (κ1) is 13.5. The monoisotopic (exact) mass is 282 g/mol. The summed E-state index contributed by atoms with van der Waals surface area (Å²) in [5.41, 5.74) is 7.94. The van der Waals surface area contributed by atoms with E-state index in [9.17, 15) is 4.39 Å². The van der Waals surface area contributed by atoms with Crippen molar-refractivity contribution in [1.82, 2.24) is 4.98 Å². The van der Waals surface area contributed by atoms with E-state index >= 15 is 0 Å². The molecule has 1 aromatic heterocycles. The van der Waals surface area contributed by atoms with Crippen LogP contribution in [0.4, 0.5) is 4.39 Å². The minimum Gasteiger partial charge on any atom is -0.487 e.